The molecule has 0 aromatic heterocycles. The minimum absolute atomic E-state index is 0.0780. The van der Waals surface area contributed by atoms with Crippen LogP contribution in [0.4, 0.5) is 0 Å². The molecule has 1 aromatic carbocycles. The Morgan fingerprint density at radius 2 is 2.05 bits per heavy atom. The van der Waals surface area contributed by atoms with Gasteiger partial charge in [0.15, 0.2) is 0 Å². The van der Waals surface area contributed by atoms with E-state index in [0.29, 0.717) is 12.5 Å². The molecule has 2 rings (SSSR count). The Bertz CT molecular complexity index is 469. The van der Waals surface area contributed by atoms with Gasteiger partial charge < -0.3 is 9.84 Å². The summed E-state index contributed by atoms with van der Waals surface area (Å²) >= 11 is 0. The van der Waals surface area contributed by atoms with Gasteiger partial charge in [0.25, 0.3) is 0 Å². The van der Waals surface area contributed by atoms with Gasteiger partial charge >= 0.3 is 5.97 Å². The van der Waals surface area contributed by atoms with Crippen LogP contribution in [0.2, 0.25) is 0 Å². The molecule has 21 heavy (non-hydrogen) atoms. The maximum absolute atomic E-state index is 11.6. The number of carboxylic acid groups (broad SMARTS) is 1. The summed E-state index contributed by atoms with van der Waals surface area (Å²) in [6.07, 6.45) is 4.85. The van der Waals surface area contributed by atoms with Crippen LogP contribution in [0.1, 0.15) is 57.4 Å². The predicted molar refractivity (Wildman–Crippen MR) is 83.7 cm³/mol. The average Bonchev–Trinajstić information content (AvgIpc) is 2.52. The Hall–Kier alpha value is -1.51. The number of benzene rings is 1. The van der Waals surface area contributed by atoms with Crippen molar-refractivity contribution in [1.82, 2.24) is 0 Å². The highest BCUT2D eigenvalue weighted by atomic mass is 16.5. The fourth-order valence-corrected chi connectivity index (χ4v) is 3.40. The minimum atomic E-state index is -0.667. The first-order chi connectivity index (χ1) is 10.2. The molecular formula is C18H26O3. The molecule has 0 aliphatic heterocycles. The molecule has 0 saturated heterocycles. The Morgan fingerprint density at radius 3 is 2.71 bits per heavy atom. The molecule has 1 saturated carbocycles. The Kier molecular flexibility index (Phi) is 5.66. The monoisotopic (exact) mass is 290 g/mol. The summed E-state index contributed by atoms with van der Waals surface area (Å²) in [4.78, 5) is 11.6. The van der Waals surface area contributed by atoms with Gasteiger partial charge in [-0.25, -0.2) is 0 Å². The normalized spacial score (nSPS) is 25.5. The quantitative estimate of drug-likeness (QED) is 0.840. The van der Waals surface area contributed by atoms with E-state index in [0.717, 1.165) is 43.4 Å². The molecule has 0 bridgehead atoms. The summed E-state index contributed by atoms with van der Waals surface area (Å²) in [7, 11) is 0. The summed E-state index contributed by atoms with van der Waals surface area (Å²) < 4.78 is 5.84. The van der Waals surface area contributed by atoms with Crippen LogP contribution in [-0.2, 0) is 4.79 Å². The van der Waals surface area contributed by atoms with E-state index in [1.807, 2.05) is 24.3 Å². The minimum Gasteiger partial charge on any atom is -0.493 e. The van der Waals surface area contributed by atoms with Crippen LogP contribution < -0.4 is 4.74 Å². The highest BCUT2D eigenvalue weighted by Gasteiger charge is 2.36. The van der Waals surface area contributed by atoms with Gasteiger partial charge in [-0.3, -0.25) is 4.79 Å². The molecule has 0 radical (unpaired) electrons. The molecule has 3 nitrogen and oxygen atoms in total. The van der Waals surface area contributed by atoms with Crippen molar-refractivity contribution in [3.8, 4) is 5.75 Å². The summed E-state index contributed by atoms with van der Waals surface area (Å²) in [6, 6.07) is 7.97. The van der Waals surface area contributed by atoms with Crippen molar-refractivity contribution >= 4 is 5.97 Å². The third-order valence-electron chi connectivity index (χ3n) is 4.63. The van der Waals surface area contributed by atoms with Gasteiger partial charge in [-0.15, -0.1) is 0 Å². The fraction of sp³-hybridized carbons (Fsp3) is 0.611. The molecule has 1 fully saturated rings. The molecule has 1 aromatic rings. The van der Waals surface area contributed by atoms with Crippen LogP contribution in [0.3, 0.4) is 0 Å². The zero-order valence-electron chi connectivity index (χ0n) is 13.0. The molecule has 0 amide bonds. The zero-order valence-corrected chi connectivity index (χ0v) is 13.0. The highest BCUT2D eigenvalue weighted by molar-refractivity contribution is 5.72. The van der Waals surface area contributed by atoms with E-state index in [1.54, 1.807) is 0 Å². The molecule has 3 atom stereocenters. The molecule has 116 valence electrons. The molecule has 0 heterocycles. The lowest BCUT2D eigenvalue weighted by atomic mass is 9.70. The van der Waals surface area contributed by atoms with Crippen molar-refractivity contribution < 1.29 is 14.6 Å². The third-order valence-corrected chi connectivity index (χ3v) is 4.63. The first kappa shape index (κ1) is 15.9. The predicted octanol–water partition coefficient (Wildman–Crippen LogP) is 4.47. The number of para-hydroxylation sites is 1. The van der Waals surface area contributed by atoms with Gasteiger partial charge in [0, 0.05) is 5.92 Å². The largest absolute Gasteiger partial charge is 0.493 e. The van der Waals surface area contributed by atoms with Crippen molar-refractivity contribution in [3.05, 3.63) is 29.8 Å². The average molecular weight is 290 g/mol. The summed E-state index contributed by atoms with van der Waals surface area (Å²) in [5, 5.41) is 9.56. The van der Waals surface area contributed by atoms with E-state index in [4.69, 9.17) is 4.74 Å². The molecule has 1 aliphatic carbocycles. The van der Waals surface area contributed by atoms with Crippen molar-refractivity contribution in [2.75, 3.05) is 6.61 Å². The van der Waals surface area contributed by atoms with E-state index in [2.05, 4.69) is 13.8 Å². The summed E-state index contributed by atoms with van der Waals surface area (Å²) in [6.45, 7) is 4.96. The smallest absolute Gasteiger partial charge is 0.307 e. The molecule has 3 heteroatoms. The van der Waals surface area contributed by atoms with Crippen LogP contribution in [0, 0.1) is 11.8 Å². The number of hydrogen-bond donors (Lipinski definition) is 1. The number of hydrogen-bond acceptors (Lipinski definition) is 2. The zero-order chi connectivity index (χ0) is 15.2. The van der Waals surface area contributed by atoms with E-state index >= 15 is 0 Å². The van der Waals surface area contributed by atoms with Gasteiger partial charge in [-0.2, -0.15) is 0 Å². The first-order valence-corrected chi connectivity index (χ1v) is 8.11. The lowest BCUT2D eigenvalue weighted by Crippen LogP contribution is -2.29. The lowest BCUT2D eigenvalue weighted by molar-refractivity contribution is -0.143. The Balaban J connectivity index is 2.28. The maximum atomic E-state index is 11.6. The van der Waals surface area contributed by atoms with Crippen molar-refractivity contribution in [2.45, 2.75) is 51.9 Å². The number of aliphatic carboxylic acids is 1. The highest BCUT2D eigenvalue weighted by Crippen LogP contribution is 2.44. The second-order valence-electron chi connectivity index (χ2n) is 6.02. The van der Waals surface area contributed by atoms with E-state index < -0.39 is 5.97 Å². The van der Waals surface area contributed by atoms with Gasteiger partial charge in [0.2, 0.25) is 0 Å². The lowest BCUT2D eigenvalue weighted by Gasteiger charge is -2.34. The van der Waals surface area contributed by atoms with Gasteiger partial charge in [-0.05, 0) is 43.2 Å². The second-order valence-corrected chi connectivity index (χ2v) is 6.02. The molecule has 1 aliphatic rings. The second kappa shape index (κ2) is 7.48. The molecular weight excluding hydrogens is 264 g/mol. The maximum Gasteiger partial charge on any atom is 0.307 e. The number of ether oxygens (including phenoxy) is 1. The summed E-state index contributed by atoms with van der Waals surface area (Å²) in [5.41, 5.74) is 1.08. The number of carbonyl (C=O) groups is 1. The van der Waals surface area contributed by atoms with Gasteiger partial charge in [0.1, 0.15) is 5.75 Å². The fourth-order valence-electron chi connectivity index (χ4n) is 3.40. The van der Waals surface area contributed by atoms with Crippen LogP contribution >= 0.6 is 0 Å². The SMILES string of the molecule is CCCOc1ccccc1C1CC(CC)CCC1C(=O)O. The van der Waals surface area contributed by atoms with E-state index in [-0.39, 0.29) is 11.8 Å². The van der Waals surface area contributed by atoms with Crippen LogP contribution in [0.5, 0.6) is 5.75 Å². The van der Waals surface area contributed by atoms with E-state index in [9.17, 15) is 9.90 Å². The van der Waals surface area contributed by atoms with Crippen LogP contribution in [-0.4, -0.2) is 17.7 Å². The molecule has 3 unspecified atom stereocenters. The topological polar surface area (TPSA) is 46.5 Å². The first-order valence-electron chi connectivity index (χ1n) is 8.11. The molecule has 1 N–H and O–H groups in total. The summed E-state index contributed by atoms with van der Waals surface area (Å²) in [5.74, 6) is 0.630. The van der Waals surface area contributed by atoms with Gasteiger partial charge in [-0.1, -0.05) is 38.5 Å². The van der Waals surface area contributed by atoms with Gasteiger partial charge in [0.05, 0.1) is 12.5 Å². The number of rotatable bonds is 6. The van der Waals surface area contributed by atoms with E-state index in [1.165, 1.54) is 0 Å². The standard InChI is InChI=1S/C18H26O3/c1-3-11-21-17-8-6-5-7-14(17)16-12-13(4-2)9-10-15(16)18(19)20/h5-8,13,15-16H,3-4,9-12H2,1-2H3,(H,19,20). The number of carboxylic acids is 1. The van der Waals surface area contributed by atoms with Crippen LogP contribution in [0.15, 0.2) is 24.3 Å². The Labute approximate surface area is 127 Å². The Morgan fingerprint density at radius 1 is 1.29 bits per heavy atom. The van der Waals surface area contributed by atoms with Crippen molar-refractivity contribution in [2.24, 2.45) is 11.8 Å². The van der Waals surface area contributed by atoms with Crippen LogP contribution in [0.25, 0.3) is 0 Å². The van der Waals surface area contributed by atoms with Crippen molar-refractivity contribution in [1.29, 1.82) is 0 Å². The third kappa shape index (κ3) is 3.78. The molecule has 0 spiro atoms. The van der Waals surface area contributed by atoms with Crippen molar-refractivity contribution in [3.63, 3.8) is 0 Å².